The molecule has 3 heteroatoms. The number of hydrogen-bond acceptors (Lipinski definition) is 3. The average Bonchev–Trinajstić information content (AvgIpc) is 2.17. The van der Waals surface area contributed by atoms with E-state index in [1.807, 2.05) is 25.1 Å². The molecule has 0 fully saturated rings. The molecule has 0 saturated carbocycles. The second kappa shape index (κ2) is 4.43. The normalized spacial score (nSPS) is 9.21. The van der Waals surface area contributed by atoms with E-state index in [0.717, 1.165) is 5.56 Å². The molecule has 3 nitrogen and oxygen atoms in total. The van der Waals surface area contributed by atoms with Crippen molar-refractivity contribution in [2.75, 3.05) is 7.11 Å². The van der Waals surface area contributed by atoms with Crippen LogP contribution in [0, 0.1) is 18.3 Å². The van der Waals surface area contributed by atoms with E-state index in [9.17, 15) is 4.79 Å². The fourth-order valence-electron chi connectivity index (χ4n) is 1.33. The second-order valence-electron chi connectivity index (χ2n) is 2.91. The highest BCUT2D eigenvalue weighted by atomic mass is 16.5. The molecule has 0 unspecified atom stereocenters. The molecule has 0 saturated heterocycles. The first-order valence-electron chi connectivity index (χ1n) is 4.24. The molecular formula is C11H11NO2. The molecule has 0 spiro atoms. The van der Waals surface area contributed by atoms with Crippen LogP contribution in [0.15, 0.2) is 18.2 Å². The lowest BCUT2D eigenvalue weighted by Gasteiger charge is -2.08. The van der Waals surface area contributed by atoms with Gasteiger partial charge in [-0.15, -0.1) is 0 Å². The Kier molecular flexibility index (Phi) is 3.24. The smallest absolute Gasteiger partial charge is 0.180 e. The standard InChI is InChI=1S/C11H11NO2/c1-8-4-3-5-10(14-2)11(8)9(13)6-7-12/h3-5H,6H2,1-2H3. The maximum Gasteiger partial charge on any atom is 0.180 e. The Morgan fingerprint density at radius 2 is 2.29 bits per heavy atom. The number of carbonyl (C=O) groups excluding carboxylic acids is 1. The zero-order valence-electron chi connectivity index (χ0n) is 8.20. The van der Waals surface area contributed by atoms with Crippen molar-refractivity contribution >= 4 is 5.78 Å². The molecule has 0 aliphatic heterocycles. The number of ketones is 1. The third-order valence-corrected chi connectivity index (χ3v) is 1.97. The molecule has 0 aliphatic carbocycles. The minimum Gasteiger partial charge on any atom is -0.496 e. The maximum absolute atomic E-state index is 11.5. The highest BCUT2D eigenvalue weighted by Gasteiger charge is 2.13. The Labute approximate surface area is 82.9 Å². The summed E-state index contributed by atoms with van der Waals surface area (Å²) >= 11 is 0. The van der Waals surface area contributed by atoms with Crippen molar-refractivity contribution in [1.82, 2.24) is 0 Å². The van der Waals surface area contributed by atoms with Crippen molar-refractivity contribution in [3.05, 3.63) is 29.3 Å². The average molecular weight is 189 g/mol. The van der Waals surface area contributed by atoms with Gasteiger partial charge in [0.05, 0.1) is 25.2 Å². The zero-order chi connectivity index (χ0) is 10.6. The van der Waals surface area contributed by atoms with Gasteiger partial charge in [0.2, 0.25) is 0 Å². The van der Waals surface area contributed by atoms with Gasteiger partial charge in [0.1, 0.15) is 5.75 Å². The lowest BCUT2D eigenvalue weighted by Crippen LogP contribution is -2.03. The van der Waals surface area contributed by atoms with Gasteiger partial charge < -0.3 is 4.74 Å². The summed E-state index contributed by atoms with van der Waals surface area (Å²) < 4.78 is 5.06. The van der Waals surface area contributed by atoms with E-state index < -0.39 is 0 Å². The molecular weight excluding hydrogens is 178 g/mol. The second-order valence-corrected chi connectivity index (χ2v) is 2.91. The highest BCUT2D eigenvalue weighted by Crippen LogP contribution is 2.22. The first kappa shape index (κ1) is 10.3. The van der Waals surface area contributed by atoms with Gasteiger partial charge in [-0.2, -0.15) is 5.26 Å². The van der Waals surface area contributed by atoms with Crippen LogP contribution < -0.4 is 4.74 Å². The molecule has 0 radical (unpaired) electrons. The summed E-state index contributed by atoms with van der Waals surface area (Å²) in [6.45, 7) is 1.83. The summed E-state index contributed by atoms with van der Waals surface area (Å²) in [5.41, 5.74) is 1.35. The van der Waals surface area contributed by atoms with Gasteiger partial charge in [0.25, 0.3) is 0 Å². The molecule has 0 aromatic heterocycles. The van der Waals surface area contributed by atoms with Crippen LogP contribution in [0.3, 0.4) is 0 Å². The number of nitrogens with zero attached hydrogens (tertiary/aromatic N) is 1. The summed E-state index contributed by atoms with van der Waals surface area (Å²) in [6.07, 6.45) is -0.110. The van der Waals surface area contributed by atoms with Gasteiger partial charge in [0, 0.05) is 0 Å². The third kappa shape index (κ3) is 1.91. The number of nitriles is 1. The SMILES string of the molecule is COc1cccc(C)c1C(=O)CC#N. The maximum atomic E-state index is 11.5. The number of ether oxygens (including phenoxy) is 1. The van der Waals surface area contributed by atoms with Gasteiger partial charge in [-0.25, -0.2) is 0 Å². The molecule has 0 N–H and O–H groups in total. The number of carbonyl (C=O) groups is 1. The van der Waals surface area contributed by atoms with Crippen LogP contribution in [0.1, 0.15) is 22.3 Å². The van der Waals surface area contributed by atoms with E-state index >= 15 is 0 Å². The monoisotopic (exact) mass is 189 g/mol. The lowest BCUT2D eigenvalue weighted by molar-refractivity contribution is 0.0994. The predicted octanol–water partition coefficient (Wildman–Crippen LogP) is 2.10. The molecule has 1 rings (SSSR count). The van der Waals surface area contributed by atoms with E-state index in [-0.39, 0.29) is 12.2 Å². The number of hydrogen-bond donors (Lipinski definition) is 0. The first-order valence-corrected chi connectivity index (χ1v) is 4.24. The van der Waals surface area contributed by atoms with Crippen LogP contribution in [0.2, 0.25) is 0 Å². The summed E-state index contributed by atoms with van der Waals surface area (Å²) in [5, 5.41) is 8.44. The Morgan fingerprint density at radius 1 is 1.57 bits per heavy atom. The van der Waals surface area contributed by atoms with Crippen molar-refractivity contribution in [2.24, 2.45) is 0 Å². The van der Waals surface area contributed by atoms with Crippen molar-refractivity contribution < 1.29 is 9.53 Å². The molecule has 0 atom stereocenters. The fourth-order valence-corrected chi connectivity index (χ4v) is 1.33. The van der Waals surface area contributed by atoms with E-state index in [1.165, 1.54) is 7.11 Å². The van der Waals surface area contributed by atoms with E-state index in [2.05, 4.69) is 0 Å². The minimum atomic E-state index is -0.192. The highest BCUT2D eigenvalue weighted by molar-refractivity contribution is 6.01. The molecule has 0 bridgehead atoms. The van der Waals surface area contributed by atoms with Crippen molar-refractivity contribution in [3.8, 4) is 11.8 Å². The Hall–Kier alpha value is -1.82. The van der Waals surface area contributed by atoms with Gasteiger partial charge in [-0.3, -0.25) is 4.79 Å². The Balaban J connectivity index is 3.18. The van der Waals surface area contributed by atoms with Crippen LogP contribution >= 0.6 is 0 Å². The molecule has 0 heterocycles. The summed E-state index contributed by atoms with van der Waals surface area (Å²) in [5.74, 6) is 0.340. The molecule has 1 aromatic carbocycles. The van der Waals surface area contributed by atoms with Gasteiger partial charge in [-0.05, 0) is 18.6 Å². The lowest BCUT2D eigenvalue weighted by atomic mass is 10.0. The van der Waals surface area contributed by atoms with Crippen LogP contribution in [0.25, 0.3) is 0 Å². The third-order valence-electron chi connectivity index (χ3n) is 1.97. The van der Waals surface area contributed by atoms with Gasteiger partial charge in [0.15, 0.2) is 5.78 Å². The van der Waals surface area contributed by atoms with E-state index in [4.69, 9.17) is 10.00 Å². The van der Waals surface area contributed by atoms with Gasteiger partial charge in [-0.1, -0.05) is 12.1 Å². The molecule has 14 heavy (non-hydrogen) atoms. The predicted molar refractivity (Wildman–Crippen MR) is 52.3 cm³/mol. The van der Waals surface area contributed by atoms with Crippen molar-refractivity contribution in [1.29, 1.82) is 5.26 Å². The molecule has 72 valence electrons. The van der Waals surface area contributed by atoms with Crippen LogP contribution in [-0.2, 0) is 0 Å². The van der Waals surface area contributed by atoms with Crippen molar-refractivity contribution in [2.45, 2.75) is 13.3 Å². The Morgan fingerprint density at radius 3 is 2.86 bits per heavy atom. The topological polar surface area (TPSA) is 50.1 Å². The molecule has 1 aromatic rings. The number of methoxy groups -OCH3 is 1. The van der Waals surface area contributed by atoms with Crippen LogP contribution in [-0.4, -0.2) is 12.9 Å². The number of Topliss-reactive ketones (excluding diaryl/α,β-unsaturated/α-hetero) is 1. The number of benzene rings is 1. The van der Waals surface area contributed by atoms with Crippen LogP contribution in [0.5, 0.6) is 5.75 Å². The largest absolute Gasteiger partial charge is 0.496 e. The summed E-state index contributed by atoms with van der Waals surface area (Å²) in [4.78, 5) is 11.5. The minimum absolute atomic E-state index is 0.110. The Bertz CT molecular complexity index is 391. The molecule has 0 aliphatic rings. The first-order chi connectivity index (χ1) is 6.70. The summed E-state index contributed by atoms with van der Waals surface area (Å²) in [7, 11) is 1.51. The van der Waals surface area contributed by atoms with E-state index in [1.54, 1.807) is 6.07 Å². The number of aryl methyl sites for hydroxylation is 1. The van der Waals surface area contributed by atoms with Gasteiger partial charge >= 0.3 is 0 Å². The quantitative estimate of drug-likeness (QED) is 0.684. The number of rotatable bonds is 3. The fraction of sp³-hybridized carbons (Fsp3) is 0.273. The zero-order valence-corrected chi connectivity index (χ0v) is 8.20. The van der Waals surface area contributed by atoms with E-state index in [0.29, 0.717) is 11.3 Å². The summed E-state index contributed by atoms with van der Waals surface area (Å²) in [6, 6.07) is 7.20. The van der Waals surface area contributed by atoms with Crippen LogP contribution in [0.4, 0.5) is 0 Å². The molecule has 0 amide bonds. The van der Waals surface area contributed by atoms with Crippen molar-refractivity contribution in [3.63, 3.8) is 0 Å².